The number of rotatable bonds is 3. The zero-order chi connectivity index (χ0) is 11.7. The summed E-state index contributed by atoms with van der Waals surface area (Å²) in [5, 5.41) is 3.43. The van der Waals surface area contributed by atoms with Gasteiger partial charge in [-0.2, -0.15) is 0 Å². The molecule has 0 saturated carbocycles. The highest BCUT2D eigenvalue weighted by Crippen LogP contribution is 2.30. The number of hydrogen-bond donors (Lipinski definition) is 1. The summed E-state index contributed by atoms with van der Waals surface area (Å²) >= 11 is 0. The molecule has 2 nitrogen and oxygen atoms in total. The molecular formula is C15H21NO. The van der Waals surface area contributed by atoms with Crippen molar-refractivity contribution in [1.29, 1.82) is 0 Å². The summed E-state index contributed by atoms with van der Waals surface area (Å²) in [5.74, 6) is 0. The molecule has 1 N–H and O–H groups in total. The summed E-state index contributed by atoms with van der Waals surface area (Å²) in [5.41, 5.74) is 4.51. The van der Waals surface area contributed by atoms with Gasteiger partial charge in [0.25, 0.3) is 0 Å². The molecule has 1 fully saturated rings. The zero-order valence-electron chi connectivity index (χ0n) is 10.5. The Hall–Kier alpha value is -0.860. The van der Waals surface area contributed by atoms with E-state index in [1.54, 1.807) is 11.1 Å². The Balaban J connectivity index is 1.85. The summed E-state index contributed by atoms with van der Waals surface area (Å²) in [4.78, 5) is 0. The van der Waals surface area contributed by atoms with E-state index in [1.165, 1.54) is 37.7 Å². The Bertz CT molecular complexity index is 396. The summed E-state index contributed by atoms with van der Waals surface area (Å²) in [6.45, 7) is 0.924. The minimum atomic E-state index is 0.361. The van der Waals surface area contributed by atoms with Crippen molar-refractivity contribution >= 4 is 0 Å². The molecule has 0 spiro atoms. The predicted molar refractivity (Wildman–Crippen MR) is 69.2 cm³/mol. The fourth-order valence-corrected chi connectivity index (χ4v) is 3.22. The Morgan fingerprint density at radius 3 is 2.88 bits per heavy atom. The topological polar surface area (TPSA) is 21.3 Å². The van der Waals surface area contributed by atoms with Gasteiger partial charge in [0.05, 0.1) is 12.1 Å². The van der Waals surface area contributed by atoms with E-state index < -0.39 is 0 Å². The van der Waals surface area contributed by atoms with Gasteiger partial charge >= 0.3 is 0 Å². The van der Waals surface area contributed by atoms with Gasteiger partial charge in [-0.25, -0.2) is 0 Å². The van der Waals surface area contributed by atoms with Crippen LogP contribution in [0.2, 0.25) is 0 Å². The zero-order valence-corrected chi connectivity index (χ0v) is 10.5. The number of hydrogen-bond acceptors (Lipinski definition) is 2. The highest BCUT2D eigenvalue weighted by atomic mass is 16.5. The van der Waals surface area contributed by atoms with E-state index in [-0.39, 0.29) is 0 Å². The highest BCUT2D eigenvalue weighted by Gasteiger charge is 2.26. The Kier molecular flexibility index (Phi) is 3.17. The van der Waals surface area contributed by atoms with Crippen molar-refractivity contribution < 1.29 is 4.74 Å². The third-order valence-electron chi connectivity index (χ3n) is 4.13. The first-order valence-electron chi connectivity index (χ1n) is 6.79. The van der Waals surface area contributed by atoms with Crippen LogP contribution in [0.4, 0.5) is 0 Å². The fraction of sp³-hybridized carbons (Fsp3) is 0.600. The third-order valence-corrected chi connectivity index (χ3v) is 4.13. The van der Waals surface area contributed by atoms with E-state index in [4.69, 9.17) is 4.74 Å². The van der Waals surface area contributed by atoms with Gasteiger partial charge in [-0.05, 0) is 55.8 Å². The number of nitrogens with one attached hydrogen (secondary N) is 1. The maximum Gasteiger partial charge on any atom is 0.0770 e. The van der Waals surface area contributed by atoms with Gasteiger partial charge in [-0.3, -0.25) is 0 Å². The first-order chi connectivity index (χ1) is 8.38. The Morgan fingerprint density at radius 1 is 1.24 bits per heavy atom. The monoisotopic (exact) mass is 231 g/mol. The number of fused-ring (bicyclic) bond motifs is 1. The second-order valence-corrected chi connectivity index (χ2v) is 5.20. The van der Waals surface area contributed by atoms with Crippen LogP contribution in [0.5, 0.6) is 0 Å². The lowest BCUT2D eigenvalue weighted by atomic mass is 9.96. The lowest BCUT2D eigenvalue weighted by Gasteiger charge is -2.23. The predicted octanol–water partition coefficient (Wildman–Crippen LogP) is 2.61. The molecule has 1 aliphatic heterocycles. The van der Waals surface area contributed by atoms with Gasteiger partial charge in [0.15, 0.2) is 0 Å². The van der Waals surface area contributed by atoms with Crippen LogP contribution in [0.15, 0.2) is 18.2 Å². The van der Waals surface area contributed by atoms with Crippen LogP contribution in [0.25, 0.3) is 0 Å². The summed E-state index contributed by atoms with van der Waals surface area (Å²) in [7, 11) is 2.04. The summed E-state index contributed by atoms with van der Waals surface area (Å²) in [6, 6.07) is 7.36. The van der Waals surface area contributed by atoms with Gasteiger partial charge in [0, 0.05) is 6.61 Å². The SMILES string of the molecule is CNC(c1ccc2c(c1)CCC2)C1CCCO1. The molecule has 2 aliphatic rings. The van der Waals surface area contributed by atoms with E-state index >= 15 is 0 Å². The summed E-state index contributed by atoms with van der Waals surface area (Å²) < 4.78 is 5.82. The lowest BCUT2D eigenvalue weighted by Crippen LogP contribution is -2.29. The standard InChI is InChI=1S/C15H21NO/c1-16-15(14-6-3-9-17-14)13-8-7-11-4-2-5-12(11)10-13/h7-8,10,14-16H,2-6,9H2,1H3. The first-order valence-corrected chi connectivity index (χ1v) is 6.79. The van der Waals surface area contributed by atoms with Crippen molar-refractivity contribution in [3.8, 4) is 0 Å². The third kappa shape index (κ3) is 2.12. The van der Waals surface area contributed by atoms with Crippen molar-refractivity contribution in [3.63, 3.8) is 0 Å². The second kappa shape index (κ2) is 4.79. The van der Waals surface area contributed by atoms with Gasteiger partial charge < -0.3 is 10.1 Å². The van der Waals surface area contributed by atoms with Crippen LogP contribution in [0.1, 0.15) is 42.0 Å². The molecule has 3 rings (SSSR count). The largest absolute Gasteiger partial charge is 0.376 e. The molecule has 1 aliphatic carbocycles. The van der Waals surface area contributed by atoms with Gasteiger partial charge in [0.1, 0.15) is 0 Å². The molecule has 0 amide bonds. The van der Waals surface area contributed by atoms with Gasteiger partial charge in [-0.15, -0.1) is 0 Å². The van der Waals surface area contributed by atoms with Gasteiger partial charge in [-0.1, -0.05) is 18.2 Å². The van der Waals surface area contributed by atoms with Crippen molar-refractivity contribution in [1.82, 2.24) is 5.32 Å². The molecule has 92 valence electrons. The van der Waals surface area contributed by atoms with E-state index in [2.05, 4.69) is 23.5 Å². The molecule has 0 bridgehead atoms. The van der Waals surface area contributed by atoms with Crippen LogP contribution < -0.4 is 5.32 Å². The van der Waals surface area contributed by atoms with Crippen molar-refractivity contribution in [2.24, 2.45) is 0 Å². The summed E-state index contributed by atoms with van der Waals surface area (Å²) in [6.07, 6.45) is 6.59. The van der Waals surface area contributed by atoms with Crippen LogP contribution in [0, 0.1) is 0 Å². The minimum absolute atomic E-state index is 0.361. The molecule has 0 aromatic heterocycles. The number of benzene rings is 1. The molecule has 1 aromatic rings. The van der Waals surface area contributed by atoms with Gasteiger partial charge in [0.2, 0.25) is 0 Å². The molecule has 1 aromatic carbocycles. The maximum atomic E-state index is 5.82. The molecule has 17 heavy (non-hydrogen) atoms. The highest BCUT2D eigenvalue weighted by molar-refractivity contribution is 5.37. The Labute approximate surface area is 103 Å². The average molecular weight is 231 g/mol. The number of likely N-dealkylation sites (N-methyl/N-ethyl adjacent to an activating group) is 1. The Morgan fingerprint density at radius 2 is 2.12 bits per heavy atom. The van der Waals surface area contributed by atoms with Crippen LogP contribution >= 0.6 is 0 Å². The first kappa shape index (κ1) is 11.2. The van der Waals surface area contributed by atoms with Crippen LogP contribution in [0.3, 0.4) is 0 Å². The van der Waals surface area contributed by atoms with E-state index in [9.17, 15) is 0 Å². The van der Waals surface area contributed by atoms with E-state index in [0.29, 0.717) is 12.1 Å². The van der Waals surface area contributed by atoms with Crippen LogP contribution in [-0.2, 0) is 17.6 Å². The lowest BCUT2D eigenvalue weighted by molar-refractivity contribution is 0.0807. The van der Waals surface area contributed by atoms with Crippen LogP contribution in [-0.4, -0.2) is 19.8 Å². The molecule has 1 saturated heterocycles. The van der Waals surface area contributed by atoms with Crippen molar-refractivity contribution in [3.05, 3.63) is 34.9 Å². The average Bonchev–Trinajstić information content (AvgIpc) is 2.99. The normalized spacial score (nSPS) is 24.9. The maximum absolute atomic E-state index is 5.82. The quantitative estimate of drug-likeness (QED) is 0.863. The van der Waals surface area contributed by atoms with E-state index in [1.807, 2.05) is 7.05 Å². The fourth-order valence-electron chi connectivity index (χ4n) is 3.22. The molecule has 2 heteroatoms. The second-order valence-electron chi connectivity index (χ2n) is 5.20. The molecular weight excluding hydrogens is 210 g/mol. The smallest absolute Gasteiger partial charge is 0.0770 e. The molecule has 1 heterocycles. The molecule has 0 radical (unpaired) electrons. The van der Waals surface area contributed by atoms with Crippen molar-refractivity contribution in [2.45, 2.75) is 44.2 Å². The number of ether oxygens (including phenoxy) is 1. The number of aryl methyl sites for hydroxylation is 2. The molecule has 2 atom stereocenters. The van der Waals surface area contributed by atoms with E-state index in [0.717, 1.165) is 6.61 Å². The molecule has 2 unspecified atom stereocenters. The van der Waals surface area contributed by atoms with Crippen molar-refractivity contribution in [2.75, 3.05) is 13.7 Å². The minimum Gasteiger partial charge on any atom is -0.376 e.